The van der Waals surface area contributed by atoms with E-state index in [0.29, 0.717) is 23.5 Å². The second kappa shape index (κ2) is 5.54. The first kappa shape index (κ1) is 15.6. The Morgan fingerprint density at radius 1 is 1.12 bits per heavy atom. The smallest absolute Gasteiger partial charge is 0.361 e. The van der Waals surface area contributed by atoms with Gasteiger partial charge in [-0.1, -0.05) is 6.07 Å². The molecule has 0 spiro atoms. The molecular formula is C18H15F3N4. The maximum absolute atomic E-state index is 12.9. The highest BCUT2D eigenvalue weighted by atomic mass is 19.4. The fourth-order valence-electron chi connectivity index (χ4n) is 2.98. The van der Waals surface area contributed by atoms with Crippen LogP contribution in [0.15, 0.2) is 48.7 Å². The molecule has 0 amide bonds. The zero-order valence-corrected chi connectivity index (χ0v) is 13.4. The third-order valence-corrected chi connectivity index (χ3v) is 4.20. The van der Waals surface area contributed by atoms with Gasteiger partial charge in [-0.25, -0.2) is 4.98 Å². The summed E-state index contributed by atoms with van der Waals surface area (Å²) in [6, 6.07) is 11.4. The van der Waals surface area contributed by atoms with E-state index in [0.717, 1.165) is 28.7 Å². The standard InChI is InChI=1S/C18H15F3N4/c1-2-25-16-6-4-12(18(19,20)21)9-15(16)24-17(25)23-13-5-3-11-7-8-22-14(11)10-13/h3-10,22H,2H2,1H3,(H,23,24). The van der Waals surface area contributed by atoms with E-state index in [-0.39, 0.29) is 0 Å². The number of hydrogen-bond acceptors (Lipinski definition) is 2. The number of alkyl halides is 3. The Kier molecular flexibility index (Phi) is 3.45. The molecule has 0 atom stereocenters. The van der Waals surface area contributed by atoms with Crippen molar-refractivity contribution >= 4 is 33.6 Å². The summed E-state index contributed by atoms with van der Waals surface area (Å²) in [6.07, 6.45) is -2.52. The molecule has 25 heavy (non-hydrogen) atoms. The molecule has 4 nitrogen and oxygen atoms in total. The number of aromatic nitrogens is 3. The molecule has 0 unspecified atom stereocenters. The molecule has 0 bridgehead atoms. The van der Waals surface area contributed by atoms with Crippen LogP contribution in [0.25, 0.3) is 21.9 Å². The minimum absolute atomic E-state index is 0.320. The van der Waals surface area contributed by atoms with E-state index < -0.39 is 11.7 Å². The first-order chi connectivity index (χ1) is 12.0. The Morgan fingerprint density at radius 3 is 2.72 bits per heavy atom. The molecule has 0 fully saturated rings. The van der Waals surface area contributed by atoms with E-state index in [9.17, 15) is 13.2 Å². The van der Waals surface area contributed by atoms with Gasteiger partial charge in [0.15, 0.2) is 0 Å². The van der Waals surface area contributed by atoms with E-state index in [4.69, 9.17) is 0 Å². The van der Waals surface area contributed by atoms with E-state index in [1.54, 1.807) is 0 Å². The van der Waals surface area contributed by atoms with Crippen molar-refractivity contribution in [1.29, 1.82) is 0 Å². The Labute approximate surface area is 141 Å². The second-order valence-electron chi connectivity index (χ2n) is 5.79. The monoisotopic (exact) mass is 344 g/mol. The number of halogens is 3. The quantitative estimate of drug-likeness (QED) is 0.530. The van der Waals surface area contributed by atoms with Crippen molar-refractivity contribution in [2.24, 2.45) is 0 Å². The first-order valence-electron chi connectivity index (χ1n) is 7.87. The maximum atomic E-state index is 12.9. The number of hydrogen-bond donors (Lipinski definition) is 2. The fraction of sp³-hybridized carbons (Fsp3) is 0.167. The summed E-state index contributed by atoms with van der Waals surface area (Å²) >= 11 is 0. The van der Waals surface area contributed by atoms with Crippen LogP contribution in [0.1, 0.15) is 12.5 Å². The molecule has 2 aromatic heterocycles. The SMILES string of the molecule is CCn1c(Nc2ccc3cc[nH]c3c2)nc2cc(C(F)(F)F)ccc21. The molecule has 4 rings (SSSR count). The van der Waals surface area contributed by atoms with Crippen molar-refractivity contribution < 1.29 is 13.2 Å². The Balaban J connectivity index is 1.77. The zero-order valence-electron chi connectivity index (χ0n) is 13.4. The first-order valence-corrected chi connectivity index (χ1v) is 7.87. The van der Waals surface area contributed by atoms with Crippen molar-refractivity contribution in [2.75, 3.05) is 5.32 Å². The third kappa shape index (κ3) is 2.71. The number of H-pyrrole nitrogens is 1. The molecule has 4 aromatic rings. The number of fused-ring (bicyclic) bond motifs is 2. The lowest BCUT2D eigenvalue weighted by atomic mass is 10.2. The number of nitrogens with one attached hydrogen (secondary N) is 2. The topological polar surface area (TPSA) is 45.6 Å². The summed E-state index contributed by atoms with van der Waals surface area (Å²) in [5, 5.41) is 4.29. The molecule has 0 aliphatic heterocycles. The lowest BCUT2D eigenvalue weighted by molar-refractivity contribution is -0.137. The second-order valence-corrected chi connectivity index (χ2v) is 5.79. The lowest BCUT2D eigenvalue weighted by Gasteiger charge is -2.09. The maximum Gasteiger partial charge on any atom is 0.416 e. The molecular weight excluding hydrogens is 329 g/mol. The van der Waals surface area contributed by atoms with Gasteiger partial charge in [-0.2, -0.15) is 13.2 Å². The van der Waals surface area contributed by atoms with Gasteiger partial charge in [-0.15, -0.1) is 0 Å². The van der Waals surface area contributed by atoms with Gasteiger partial charge in [0.25, 0.3) is 0 Å². The molecule has 0 saturated heterocycles. The zero-order chi connectivity index (χ0) is 17.6. The Hall–Kier alpha value is -2.96. The van der Waals surface area contributed by atoms with Crippen LogP contribution in [0.5, 0.6) is 0 Å². The summed E-state index contributed by atoms with van der Waals surface area (Å²) in [5.41, 5.74) is 2.08. The van der Waals surface area contributed by atoms with Gasteiger partial charge in [0.2, 0.25) is 5.95 Å². The Morgan fingerprint density at radius 2 is 1.96 bits per heavy atom. The molecule has 2 N–H and O–H groups in total. The van der Waals surface area contributed by atoms with Crippen LogP contribution in [-0.2, 0) is 12.7 Å². The predicted octanol–water partition coefficient (Wildman–Crippen LogP) is 5.30. The fourth-order valence-corrected chi connectivity index (χ4v) is 2.98. The predicted molar refractivity (Wildman–Crippen MR) is 92.0 cm³/mol. The molecule has 2 aromatic carbocycles. The third-order valence-electron chi connectivity index (χ3n) is 4.20. The summed E-state index contributed by atoms with van der Waals surface area (Å²) in [6.45, 7) is 2.52. The van der Waals surface area contributed by atoms with E-state index in [1.165, 1.54) is 6.07 Å². The van der Waals surface area contributed by atoms with Crippen LogP contribution in [-0.4, -0.2) is 14.5 Å². The van der Waals surface area contributed by atoms with Gasteiger partial charge in [0.05, 0.1) is 16.6 Å². The summed E-state index contributed by atoms with van der Waals surface area (Å²) in [5.74, 6) is 0.516. The number of nitrogens with zero attached hydrogens (tertiary/aromatic N) is 2. The van der Waals surface area contributed by atoms with E-state index in [1.807, 2.05) is 42.0 Å². The highest BCUT2D eigenvalue weighted by Crippen LogP contribution is 2.32. The number of rotatable bonds is 3. The molecule has 128 valence electrons. The Bertz CT molecular complexity index is 1060. The number of imidazole rings is 1. The number of benzene rings is 2. The minimum atomic E-state index is -4.38. The summed E-state index contributed by atoms with van der Waals surface area (Å²) in [7, 11) is 0. The normalized spacial score (nSPS) is 12.2. The van der Waals surface area contributed by atoms with E-state index >= 15 is 0 Å². The molecule has 0 radical (unpaired) electrons. The molecule has 7 heteroatoms. The van der Waals surface area contributed by atoms with Gasteiger partial charge in [0.1, 0.15) is 0 Å². The van der Waals surface area contributed by atoms with Gasteiger partial charge in [0, 0.05) is 23.9 Å². The van der Waals surface area contributed by atoms with Gasteiger partial charge in [-0.3, -0.25) is 0 Å². The van der Waals surface area contributed by atoms with Crippen LogP contribution in [0.4, 0.5) is 24.8 Å². The van der Waals surface area contributed by atoms with Crippen LogP contribution < -0.4 is 5.32 Å². The lowest BCUT2D eigenvalue weighted by Crippen LogP contribution is -2.04. The minimum Gasteiger partial charge on any atom is -0.361 e. The van der Waals surface area contributed by atoms with Crippen molar-refractivity contribution in [2.45, 2.75) is 19.6 Å². The molecule has 0 aliphatic carbocycles. The van der Waals surface area contributed by atoms with Gasteiger partial charge >= 0.3 is 6.18 Å². The van der Waals surface area contributed by atoms with Gasteiger partial charge < -0.3 is 14.9 Å². The average Bonchev–Trinajstić information content (AvgIpc) is 3.16. The van der Waals surface area contributed by atoms with Gasteiger partial charge in [-0.05, 0) is 48.7 Å². The number of anilines is 2. The van der Waals surface area contributed by atoms with Crippen molar-refractivity contribution in [3.05, 3.63) is 54.2 Å². The van der Waals surface area contributed by atoms with Crippen LogP contribution >= 0.6 is 0 Å². The summed E-state index contributed by atoms with van der Waals surface area (Å²) in [4.78, 5) is 7.50. The van der Waals surface area contributed by atoms with Crippen LogP contribution in [0.3, 0.4) is 0 Å². The number of aryl methyl sites for hydroxylation is 1. The molecule has 0 saturated carbocycles. The van der Waals surface area contributed by atoms with Crippen LogP contribution in [0.2, 0.25) is 0 Å². The van der Waals surface area contributed by atoms with Crippen molar-refractivity contribution in [1.82, 2.24) is 14.5 Å². The average molecular weight is 344 g/mol. The number of aromatic amines is 1. The van der Waals surface area contributed by atoms with E-state index in [2.05, 4.69) is 15.3 Å². The summed E-state index contributed by atoms with van der Waals surface area (Å²) < 4.78 is 40.6. The highest BCUT2D eigenvalue weighted by Gasteiger charge is 2.31. The van der Waals surface area contributed by atoms with Crippen molar-refractivity contribution in [3.63, 3.8) is 0 Å². The highest BCUT2D eigenvalue weighted by molar-refractivity contribution is 5.85. The molecule has 0 aliphatic rings. The van der Waals surface area contributed by atoms with Crippen molar-refractivity contribution in [3.8, 4) is 0 Å². The van der Waals surface area contributed by atoms with Crippen LogP contribution in [0, 0.1) is 0 Å². The largest absolute Gasteiger partial charge is 0.416 e. The molecule has 2 heterocycles.